The summed E-state index contributed by atoms with van der Waals surface area (Å²) in [7, 11) is 0. The van der Waals surface area contributed by atoms with Crippen molar-refractivity contribution in [3.63, 3.8) is 0 Å². The summed E-state index contributed by atoms with van der Waals surface area (Å²) in [4.78, 5) is 16.6. The topological polar surface area (TPSA) is 49.6 Å². The summed E-state index contributed by atoms with van der Waals surface area (Å²) in [6.45, 7) is 11.9. The zero-order chi connectivity index (χ0) is 14.4. The first kappa shape index (κ1) is 16.4. The van der Waals surface area contributed by atoms with E-state index < -0.39 is 0 Å². The zero-order valence-corrected chi connectivity index (χ0v) is 13.1. The smallest absolute Gasteiger partial charge is 0.224 e. The largest absolute Gasteiger partial charge is 0.343 e. The van der Waals surface area contributed by atoms with Crippen LogP contribution in [0.5, 0.6) is 0 Å². The summed E-state index contributed by atoms with van der Waals surface area (Å²) in [5.41, 5.74) is 5.93. The lowest BCUT2D eigenvalue weighted by Gasteiger charge is -2.35. The van der Waals surface area contributed by atoms with Crippen LogP contribution < -0.4 is 5.73 Å². The molecule has 0 aromatic carbocycles. The molecule has 112 valence electrons. The number of hydrogen-bond donors (Lipinski definition) is 1. The first-order valence-corrected chi connectivity index (χ1v) is 7.78. The highest BCUT2D eigenvalue weighted by atomic mass is 16.2. The van der Waals surface area contributed by atoms with Crippen LogP contribution in [-0.4, -0.2) is 54.0 Å². The van der Waals surface area contributed by atoms with Gasteiger partial charge in [-0.1, -0.05) is 13.8 Å². The molecule has 0 bridgehead atoms. The van der Waals surface area contributed by atoms with Crippen LogP contribution in [0.2, 0.25) is 0 Å². The predicted molar refractivity (Wildman–Crippen MR) is 80.0 cm³/mol. The summed E-state index contributed by atoms with van der Waals surface area (Å²) >= 11 is 0. The summed E-state index contributed by atoms with van der Waals surface area (Å²) in [6.07, 6.45) is 3.05. The van der Waals surface area contributed by atoms with E-state index >= 15 is 0 Å². The molecule has 2 atom stereocenters. The Morgan fingerprint density at radius 2 is 2.00 bits per heavy atom. The van der Waals surface area contributed by atoms with Gasteiger partial charge in [-0.3, -0.25) is 9.69 Å². The van der Waals surface area contributed by atoms with Crippen molar-refractivity contribution in [2.24, 2.45) is 11.7 Å². The van der Waals surface area contributed by atoms with Crippen LogP contribution >= 0.6 is 0 Å². The van der Waals surface area contributed by atoms with Crippen LogP contribution in [0.15, 0.2) is 0 Å². The van der Waals surface area contributed by atoms with Crippen LogP contribution in [-0.2, 0) is 4.79 Å². The maximum atomic E-state index is 12.3. The lowest BCUT2D eigenvalue weighted by molar-refractivity contribution is -0.132. The number of nitrogens with two attached hydrogens (primary N) is 1. The number of amides is 1. The van der Waals surface area contributed by atoms with Crippen molar-refractivity contribution in [1.82, 2.24) is 9.80 Å². The average Bonchev–Trinajstić information content (AvgIpc) is 2.86. The van der Waals surface area contributed by atoms with Gasteiger partial charge >= 0.3 is 0 Å². The fourth-order valence-corrected chi connectivity index (χ4v) is 3.23. The van der Waals surface area contributed by atoms with Crippen molar-refractivity contribution in [3.05, 3.63) is 0 Å². The molecule has 1 rings (SSSR count). The fourth-order valence-electron chi connectivity index (χ4n) is 3.23. The lowest BCUT2D eigenvalue weighted by Crippen LogP contribution is -2.48. The molecule has 1 amide bonds. The van der Waals surface area contributed by atoms with Crippen molar-refractivity contribution in [1.29, 1.82) is 0 Å². The van der Waals surface area contributed by atoms with E-state index in [-0.39, 0.29) is 11.9 Å². The molecule has 2 unspecified atom stereocenters. The van der Waals surface area contributed by atoms with E-state index in [1.54, 1.807) is 0 Å². The standard InChI is InChI=1S/C15H31N3O/c1-5-17(6-2)15(19)10-13(11-16)18-9-7-8-14(18)12(3)4/h12-14H,5-11,16H2,1-4H3. The summed E-state index contributed by atoms with van der Waals surface area (Å²) in [5, 5.41) is 0. The SMILES string of the molecule is CCN(CC)C(=O)CC(CN)N1CCCC1C(C)C. The van der Waals surface area contributed by atoms with E-state index in [4.69, 9.17) is 5.73 Å². The lowest BCUT2D eigenvalue weighted by atomic mass is 10.00. The van der Waals surface area contributed by atoms with Gasteiger partial charge in [0.05, 0.1) is 0 Å². The first-order chi connectivity index (χ1) is 9.04. The van der Waals surface area contributed by atoms with E-state index in [1.807, 2.05) is 18.7 Å². The molecular formula is C15H31N3O. The Hall–Kier alpha value is -0.610. The normalized spacial score (nSPS) is 21.9. The van der Waals surface area contributed by atoms with Crippen LogP contribution in [0, 0.1) is 5.92 Å². The summed E-state index contributed by atoms with van der Waals surface area (Å²) < 4.78 is 0. The molecule has 0 saturated carbocycles. The van der Waals surface area contributed by atoms with Crippen molar-refractivity contribution in [2.75, 3.05) is 26.2 Å². The molecule has 0 aromatic heterocycles. The van der Waals surface area contributed by atoms with Gasteiger partial charge in [0, 0.05) is 38.1 Å². The first-order valence-electron chi connectivity index (χ1n) is 7.78. The summed E-state index contributed by atoms with van der Waals surface area (Å²) in [5.74, 6) is 0.884. The molecule has 1 aliphatic heterocycles. The van der Waals surface area contributed by atoms with Crippen LogP contribution in [0.3, 0.4) is 0 Å². The monoisotopic (exact) mass is 269 g/mol. The molecule has 1 aliphatic rings. The minimum Gasteiger partial charge on any atom is -0.343 e. The Kier molecular flexibility index (Phi) is 6.80. The van der Waals surface area contributed by atoms with E-state index in [1.165, 1.54) is 12.8 Å². The maximum Gasteiger partial charge on any atom is 0.224 e. The Morgan fingerprint density at radius 3 is 2.47 bits per heavy atom. The molecule has 4 heteroatoms. The van der Waals surface area contributed by atoms with E-state index in [0.29, 0.717) is 24.9 Å². The van der Waals surface area contributed by atoms with Crippen molar-refractivity contribution in [3.8, 4) is 0 Å². The number of hydrogen-bond acceptors (Lipinski definition) is 3. The third-order valence-electron chi connectivity index (χ3n) is 4.38. The van der Waals surface area contributed by atoms with Gasteiger partial charge in [0.15, 0.2) is 0 Å². The van der Waals surface area contributed by atoms with Gasteiger partial charge < -0.3 is 10.6 Å². The Morgan fingerprint density at radius 1 is 1.37 bits per heavy atom. The highest BCUT2D eigenvalue weighted by Gasteiger charge is 2.33. The molecule has 1 heterocycles. The van der Waals surface area contributed by atoms with Gasteiger partial charge in [-0.15, -0.1) is 0 Å². The van der Waals surface area contributed by atoms with Gasteiger partial charge in [0.25, 0.3) is 0 Å². The average molecular weight is 269 g/mol. The number of nitrogens with zero attached hydrogens (tertiary/aromatic N) is 2. The van der Waals surface area contributed by atoms with Crippen molar-refractivity contribution >= 4 is 5.91 Å². The number of carbonyl (C=O) groups excluding carboxylic acids is 1. The number of carbonyl (C=O) groups is 1. The second-order valence-corrected chi connectivity index (χ2v) is 5.85. The van der Waals surface area contributed by atoms with E-state index in [2.05, 4.69) is 18.7 Å². The highest BCUT2D eigenvalue weighted by Crippen LogP contribution is 2.26. The number of likely N-dealkylation sites (tertiary alicyclic amines) is 1. The number of rotatable bonds is 7. The quantitative estimate of drug-likeness (QED) is 0.765. The molecule has 0 aromatic rings. The molecule has 0 radical (unpaired) electrons. The molecule has 0 spiro atoms. The van der Waals surface area contributed by atoms with Crippen molar-refractivity contribution < 1.29 is 4.79 Å². The Bertz CT molecular complexity index is 277. The van der Waals surface area contributed by atoms with Gasteiger partial charge in [-0.05, 0) is 39.2 Å². The molecular weight excluding hydrogens is 238 g/mol. The minimum atomic E-state index is 0.211. The van der Waals surface area contributed by atoms with Crippen LogP contribution in [0.4, 0.5) is 0 Å². The Balaban J connectivity index is 2.64. The summed E-state index contributed by atoms with van der Waals surface area (Å²) in [6, 6.07) is 0.807. The van der Waals surface area contributed by atoms with Crippen molar-refractivity contribution in [2.45, 2.75) is 59.0 Å². The van der Waals surface area contributed by atoms with Crippen LogP contribution in [0.25, 0.3) is 0 Å². The second kappa shape index (κ2) is 7.85. The third-order valence-corrected chi connectivity index (χ3v) is 4.38. The van der Waals surface area contributed by atoms with Gasteiger partial charge in [0.1, 0.15) is 0 Å². The second-order valence-electron chi connectivity index (χ2n) is 5.85. The molecule has 1 saturated heterocycles. The molecule has 19 heavy (non-hydrogen) atoms. The fraction of sp³-hybridized carbons (Fsp3) is 0.933. The molecule has 2 N–H and O–H groups in total. The van der Waals surface area contributed by atoms with Gasteiger partial charge in [0.2, 0.25) is 5.91 Å². The Labute approximate surface area is 118 Å². The molecule has 4 nitrogen and oxygen atoms in total. The van der Waals surface area contributed by atoms with E-state index in [9.17, 15) is 4.79 Å². The highest BCUT2D eigenvalue weighted by molar-refractivity contribution is 5.76. The predicted octanol–water partition coefficient (Wildman–Crippen LogP) is 1.69. The zero-order valence-electron chi connectivity index (χ0n) is 13.1. The van der Waals surface area contributed by atoms with Gasteiger partial charge in [-0.2, -0.15) is 0 Å². The minimum absolute atomic E-state index is 0.211. The van der Waals surface area contributed by atoms with Gasteiger partial charge in [-0.25, -0.2) is 0 Å². The maximum absolute atomic E-state index is 12.3. The van der Waals surface area contributed by atoms with E-state index in [0.717, 1.165) is 19.6 Å². The third kappa shape index (κ3) is 4.18. The molecule has 1 fully saturated rings. The molecule has 0 aliphatic carbocycles. The van der Waals surface area contributed by atoms with Crippen LogP contribution in [0.1, 0.15) is 47.0 Å².